The van der Waals surface area contributed by atoms with Gasteiger partial charge in [-0.3, -0.25) is 4.90 Å². The highest BCUT2D eigenvalue weighted by Crippen LogP contribution is 2.19. The third-order valence-electron chi connectivity index (χ3n) is 4.93. The molecule has 2 N–H and O–H groups in total. The number of nitrogens with zero attached hydrogens (tertiary/aromatic N) is 4. The number of rotatable bonds is 6. The number of benzene rings is 1. The van der Waals surface area contributed by atoms with Crippen molar-refractivity contribution >= 4 is 29.9 Å². The summed E-state index contributed by atoms with van der Waals surface area (Å²) in [6, 6.07) is 11.0. The number of piperidine rings is 1. The van der Waals surface area contributed by atoms with Crippen molar-refractivity contribution in [1.29, 1.82) is 0 Å². The maximum atomic E-state index is 5.36. The Bertz CT molecular complexity index is 786. The van der Waals surface area contributed by atoms with Gasteiger partial charge in [-0.1, -0.05) is 56.3 Å². The van der Waals surface area contributed by atoms with Crippen LogP contribution in [0.25, 0.3) is 0 Å². The summed E-state index contributed by atoms with van der Waals surface area (Å²) in [4.78, 5) is 11.7. The van der Waals surface area contributed by atoms with Crippen LogP contribution in [0.4, 0.5) is 0 Å². The van der Waals surface area contributed by atoms with E-state index < -0.39 is 0 Å². The molecule has 0 radical (unpaired) electrons. The van der Waals surface area contributed by atoms with Gasteiger partial charge in [-0.05, 0) is 31.9 Å². The van der Waals surface area contributed by atoms with Crippen molar-refractivity contribution in [2.24, 2.45) is 4.99 Å². The Kier molecular flexibility index (Phi) is 9.54. The molecule has 0 spiro atoms. The first-order valence-corrected chi connectivity index (χ1v) is 10.6. The van der Waals surface area contributed by atoms with Gasteiger partial charge in [-0.2, -0.15) is 4.98 Å². The molecule has 0 aliphatic carbocycles. The smallest absolute Gasteiger partial charge is 0.232 e. The van der Waals surface area contributed by atoms with Gasteiger partial charge in [-0.25, -0.2) is 4.99 Å². The van der Waals surface area contributed by atoms with E-state index in [1.165, 1.54) is 12.0 Å². The van der Waals surface area contributed by atoms with E-state index in [1.807, 2.05) is 0 Å². The predicted molar refractivity (Wildman–Crippen MR) is 131 cm³/mol. The largest absolute Gasteiger partial charge is 0.357 e. The molecule has 2 heterocycles. The summed E-state index contributed by atoms with van der Waals surface area (Å²) in [5.41, 5.74) is 1.21. The zero-order valence-electron chi connectivity index (χ0n) is 18.5. The molecule has 30 heavy (non-hydrogen) atoms. The zero-order chi connectivity index (χ0) is 20.7. The number of hydrogen-bond donors (Lipinski definition) is 2. The second-order valence-electron chi connectivity index (χ2n) is 8.67. The molecule has 1 aromatic carbocycles. The van der Waals surface area contributed by atoms with Crippen molar-refractivity contribution in [3.63, 3.8) is 0 Å². The van der Waals surface area contributed by atoms with Crippen molar-refractivity contribution in [2.75, 3.05) is 19.6 Å². The van der Waals surface area contributed by atoms with E-state index in [-0.39, 0.29) is 29.4 Å². The van der Waals surface area contributed by atoms with Crippen LogP contribution in [0.2, 0.25) is 0 Å². The Hall–Kier alpha value is -1.68. The molecule has 1 fully saturated rings. The number of aliphatic imine (C=N–C) groups is 1. The minimum atomic E-state index is -0.151. The Balaban J connectivity index is 0.00000320. The number of likely N-dealkylation sites (tertiary alicyclic amines) is 1. The average Bonchev–Trinajstić information content (AvgIpc) is 3.17. The van der Waals surface area contributed by atoms with Gasteiger partial charge in [0.05, 0.1) is 0 Å². The highest BCUT2D eigenvalue weighted by molar-refractivity contribution is 14.0. The van der Waals surface area contributed by atoms with E-state index in [1.54, 1.807) is 0 Å². The first kappa shape index (κ1) is 24.6. The quantitative estimate of drug-likeness (QED) is 0.340. The molecule has 7 nitrogen and oxygen atoms in total. The Morgan fingerprint density at radius 1 is 1.27 bits per heavy atom. The molecular formula is C22H35IN6O. The van der Waals surface area contributed by atoms with Crippen LogP contribution in [-0.2, 0) is 18.5 Å². The lowest BCUT2D eigenvalue weighted by Crippen LogP contribution is -2.51. The Morgan fingerprint density at radius 3 is 2.70 bits per heavy atom. The summed E-state index contributed by atoms with van der Waals surface area (Å²) in [6.45, 7) is 12.6. The lowest BCUT2D eigenvalue weighted by Gasteiger charge is -2.34. The van der Waals surface area contributed by atoms with Gasteiger partial charge in [0, 0.05) is 31.1 Å². The third-order valence-corrected chi connectivity index (χ3v) is 4.93. The summed E-state index contributed by atoms with van der Waals surface area (Å²) in [5, 5.41) is 11.0. The van der Waals surface area contributed by atoms with Crippen LogP contribution in [-0.4, -0.2) is 46.7 Å². The van der Waals surface area contributed by atoms with Crippen molar-refractivity contribution in [1.82, 2.24) is 25.7 Å². The maximum absolute atomic E-state index is 5.36. The molecule has 0 amide bonds. The molecular weight excluding hydrogens is 491 g/mol. The third kappa shape index (κ3) is 7.54. The van der Waals surface area contributed by atoms with Gasteiger partial charge < -0.3 is 15.2 Å². The summed E-state index contributed by atoms with van der Waals surface area (Å²) >= 11 is 0. The fraction of sp³-hybridized carbons (Fsp3) is 0.591. The molecule has 0 saturated carbocycles. The average molecular weight is 526 g/mol. The summed E-state index contributed by atoms with van der Waals surface area (Å²) in [7, 11) is 0. The zero-order valence-corrected chi connectivity index (χ0v) is 20.8. The molecule has 2 aromatic rings. The number of hydrogen-bond acceptors (Lipinski definition) is 5. The van der Waals surface area contributed by atoms with E-state index in [0.29, 0.717) is 24.3 Å². The standard InChI is InChI=1S/C22H34N6O.HI/c1-5-23-21(24-14-19-26-20(29-27-19)22(2,3)4)25-18-12-9-13-28(16-18)15-17-10-7-6-8-11-17;/h6-8,10-11,18H,5,9,12-16H2,1-4H3,(H2,23,24,25);1H. The van der Waals surface area contributed by atoms with Gasteiger partial charge in [0.2, 0.25) is 5.89 Å². The molecule has 3 rings (SSSR count). The molecule has 8 heteroatoms. The van der Waals surface area contributed by atoms with Crippen LogP contribution < -0.4 is 10.6 Å². The molecule has 0 bridgehead atoms. The van der Waals surface area contributed by atoms with Crippen molar-refractivity contribution in [3.05, 3.63) is 47.6 Å². The van der Waals surface area contributed by atoms with Crippen LogP contribution in [0.3, 0.4) is 0 Å². The van der Waals surface area contributed by atoms with Crippen LogP contribution in [0.15, 0.2) is 39.8 Å². The van der Waals surface area contributed by atoms with Gasteiger partial charge >= 0.3 is 0 Å². The summed E-state index contributed by atoms with van der Waals surface area (Å²) in [5.74, 6) is 2.06. The van der Waals surface area contributed by atoms with E-state index in [2.05, 4.69) is 88.7 Å². The fourth-order valence-corrected chi connectivity index (χ4v) is 3.44. The highest BCUT2D eigenvalue weighted by atomic mass is 127. The minimum Gasteiger partial charge on any atom is -0.357 e. The number of guanidine groups is 1. The number of halogens is 1. The van der Waals surface area contributed by atoms with Crippen LogP contribution in [0.5, 0.6) is 0 Å². The lowest BCUT2D eigenvalue weighted by molar-refractivity contribution is 0.192. The van der Waals surface area contributed by atoms with Crippen LogP contribution >= 0.6 is 24.0 Å². The molecule has 1 saturated heterocycles. The SMILES string of the molecule is CCNC(=NCc1noc(C(C)(C)C)n1)NC1CCCN(Cc2ccccc2)C1.I. The Morgan fingerprint density at radius 2 is 2.03 bits per heavy atom. The maximum Gasteiger partial charge on any atom is 0.232 e. The van der Waals surface area contributed by atoms with Crippen molar-refractivity contribution in [2.45, 2.75) is 65.1 Å². The molecule has 1 atom stereocenters. The molecule has 1 unspecified atom stereocenters. The second-order valence-corrected chi connectivity index (χ2v) is 8.67. The van der Waals surface area contributed by atoms with Crippen LogP contribution in [0, 0.1) is 0 Å². The fourth-order valence-electron chi connectivity index (χ4n) is 3.44. The van der Waals surface area contributed by atoms with Gasteiger partial charge in [-0.15, -0.1) is 24.0 Å². The highest BCUT2D eigenvalue weighted by Gasteiger charge is 2.22. The first-order chi connectivity index (χ1) is 13.9. The predicted octanol–water partition coefficient (Wildman–Crippen LogP) is 3.70. The first-order valence-electron chi connectivity index (χ1n) is 10.6. The van der Waals surface area contributed by atoms with E-state index >= 15 is 0 Å². The summed E-state index contributed by atoms with van der Waals surface area (Å²) < 4.78 is 5.36. The second kappa shape index (κ2) is 11.6. The lowest BCUT2D eigenvalue weighted by atomic mass is 9.97. The van der Waals surface area contributed by atoms with Gasteiger partial charge in [0.15, 0.2) is 11.8 Å². The van der Waals surface area contributed by atoms with E-state index in [4.69, 9.17) is 4.52 Å². The van der Waals surface area contributed by atoms with E-state index in [9.17, 15) is 0 Å². The number of nitrogens with one attached hydrogen (secondary N) is 2. The van der Waals surface area contributed by atoms with E-state index in [0.717, 1.165) is 38.6 Å². The van der Waals surface area contributed by atoms with Gasteiger partial charge in [0.25, 0.3) is 0 Å². The monoisotopic (exact) mass is 526 g/mol. The van der Waals surface area contributed by atoms with Gasteiger partial charge in [0.1, 0.15) is 6.54 Å². The minimum absolute atomic E-state index is 0. The molecule has 166 valence electrons. The van der Waals surface area contributed by atoms with Crippen LogP contribution in [0.1, 0.15) is 57.8 Å². The van der Waals surface area contributed by atoms with Crippen molar-refractivity contribution in [3.8, 4) is 0 Å². The Labute approximate surface area is 197 Å². The van der Waals surface area contributed by atoms with Crippen molar-refractivity contribution < 1.29 is 4.52 Å². The molecule has 1 aromatic heterocycles. The molecule has 1 aliphatic heterocycles. The normalized spacial score (nSPS) is 18.0. The molecule has 1 aliphatic rings. The summed E-state index contributed by atoms with van der Waals surface area (Å²) in [6.07, 6.45) is 2.33. The number of aromatic nitrogens is 2. The topological polar surface area (TPSA) is 78.6 Å².